The van der Waals surface area contributed by atoms with Gasteiger partial charge in [-0.3, -0.25) is 15.6 Å². The molecule has 0 radical (unpaired) electrons. The topological polar surface area (TPSA) is 102 Å². The van der Waals surface area contributed by atoms with E-state index in [9.17, 15) is 4.79 Å². The molecule has 2 aromatic carbocycles. The first kappa shape index (κ1) is 18.2. The molecule has 0 aliphatic carbocycles. The van der Waals surface area contributed by atoms with Gasteiger partial charge in [-0.2, -0.15) is 4.98 Å². The Balaban J connectivity index is 1.62. The number of hydrazine groups is 1. The van der Waals surface area contributed by atoms with Crippen LogP contribution < -0.4 is 21.3 Å². The van der Waals surface area contributed by atoms with Crippen LogP contribution >= 0.6 is 0 Å². The Hall–Kier alpha value is -3.61. The standard InChI is InChI=1S/C20H21N5O2/c1-2-14-8-10-16(11-9-14)27-20-18(21)19(22-13-23-20)25-24-17(26)12-15-6-4-3-5-7-15/h3-11,13H,2,12,21H2,1H3,(H,24,26)(H,22,23,25). The van der Waals surface area contributed by atoms with Crippen LogP contribution in [0.4, 0.5) is 11.5 Å². The third-order valence-electron chi connectivity index (χ3n) is 3.92. The van der Waals surface area contributed by atoms with Crippen LogP contribution in [0.3, 0.4) is 0 Å². The van der Waals surface area contributed by atoms with Gasteiger partial charge < -0.3 is 10.5 Å². The lowest BCUT2D eigenvalue weighted by atomic mass is 10.1. The SMILES string of the molecule is CCc1ccc(Oc2ncnc(NNC(=O)Cc3ccccc3)c2N)cc1. The van der Waals surface area contributed by atoms with E-state index >= 15 is 0 Å². The minimum atomic E-state index is -0.211. The second-order valence-electron chi connectivity index (χ2n) is 5.88. The number of nitrogens with one attached hydrogen (secondary N) is 2. The van der Waals surface area contributed by atoms with Crippen LogP contribution in [-0.4, -0.2) is 15.9 Å². The van der Waals surface area contributed by atoms with Gasteiger partial charge in [-0.25, -0.2) is 4.98 Å². The maximum absolute atomic E-state index is 12.0. The summed E-state index contributed by atoms with van der Waals surface area (Å²) in [5.74, 6) is 0.897. The molecule has 7 heteroatoms. The minimum absolute atomic E-state index is 0.206. The molecule has 138 valence electrons. The number of nitrogens with two attached hydrogens (primary N) is 1. The van der Waals surface area contributed by atoms with E-state index in [0.717, 1.165) is 12.0 Å². The Bertz CT molecular complexity index is 898. The maximum Gasteiger partial charge on any atom is 0.248 e. The number of aromatic nitrogens is 2. The fraction of sp³-hybridized carbons (Fsp3) is 0.150. The molecular formula is C20H21N5O2. The summed E-state index contributed by atoms with van der Waals surface area (Å²) in [5.41, 5.74) is 13.7. The van der Waals surface area contributed by atoms with Crippen molar-refractivity contribution in [2.24, 2.45) is 0 Å². The first-order chi connectivity index (χ1) is 13.2. The molecule has 0 spiro atoms. The predicted octanol–water partition coefficient (Wildman–Crippen LogP) is 3.10. The first-order valence-electron chi connectivity index (χ1n) is 8.61. The lowest BCUT2D eigenvalue weighted by Crippen LogP contribution is -2.31. The highest BCUT2D eigenvalue weighted by Crippen LogP contribution is 2.28. The van der Waals surface area contributed by atoms with Crippen molar-refractivity contribution in [1.29, 1.82) is 0 Å². The molecule has 3 rings (SSSR count). The van der Waals surface area contributed by atoms with Crippen molar-refractivity contribution in [3.05, 3.63) is 72.1 Å². The van der Waals surface area contributed by atoms with Crippen LogP contribution in [0.2, 0.25) is 0 Å². The molecule has 0 saturated heterocycles. The van der Waals surface area contributed by atoms with Crippen molar-refractivity contribution in [2.45, 2.75) is 19.8 Å². The maximum atomic E-state index is 12.0. The number of aryl methyl sites for hydroxylation is 1. The molecule has 1 amide bonds. The van der Waals surface area contributed by atoms with Gasteiger partial charge in [-0.15, -0.1) is 0 Å². The summed E-state index contributed by atoms with van der Waals surface area (Å²) in [5, 5.41) is 0. The van der Waals surface area contributed by atoms with E-state index in [1.807, 2.05) is 54.6 Å². The van der Waals surface area contributed by atoms with E-state index in [2.05, 4.69) is 27.7 Å². The van der Waals surface area contributed by atoms with Crippen molar-refractivity contribution in [3.8, 4) is 11.6 Å². The Morgan fingerprint density at radius 1 is 1.04 bits per heavy atom. The van der Waals surface area contributed by atoms with Crippen LogP contribution in [0, 0.1) is 0 Å². The van der Waals surface area contributed by atoms with Gasteiger partial charge in [0.2, 0.25) is 11.8 Å². The van der Waals surface area contributed by atoms with Crippen molar-refractivity contribution in [3.63, 3.8) is 0 Å². The zero-order valence-corrected chi connectivity index (χ0v) is 15.0. The molecule has 0 fully saturated rings. The molecular weight excluding hydrogens is 342 g/mol. The summed E-state index contributed by atoms with van der Waals surface area (Å²) in [7, 11) is 0. The normalized spacial score (nSPS) is 10.3. The second-order valence-corrected chi connectivity index (χ2v) is 5.88. The predicted molar refractivity (Wildman–Crippen MR) is 104 cm³/mol. The lowest BCUT2D eigenvalue weighted by molar-refractivity contribution is -0.119. The van der Waals surface area contributed by atoms with Crippen molar-refractivity contribution in [1.82, 2.24) is 15.4 Å². The van der Waals surface area contributed by atoms with Crippen LogP contribution in [0.1, 0.15) is 18.1 Å². The molecule has 0 atom stereocenters. The quantitative estimate of drug-likeness (QED) is 0.558. The zero-order chi connectivity index (χ0) is 19.1. The average Bonchev–Trinajstić information content (AvgIpc) is 2.70. The summed E-state index contributed by atoms with van der Waals surface area (Å²) in [6, 6.07) is 17.1. The number of nitrogen functional groups attached to an aromatic ring is 1. The third-order valence-corrected chi connectivity index (χ3v) is 3.92. The monoisotopic (exact) mass is 363 g/mol. The summed E-state index contributed by atoms with van der Waals surface area (Å²) < 4.78 is 5.72. The minimum Gasteiger partial charge on any atom is -0.437 e. The van der Waals surface area contributed by atoms with Gasteiger partial charge in [-0.1, -0.05) is 49.4 Å². The van der Waals surface area contributed by atoms with E-state index in [0.29, 0.717) is 5.75 Å². The summed E-state index contributed by atoms with van der Waals surface area (Å²) in [4.78, 5) is 20.1. The number of rotatable bonds is 7. The molecule has 3 aromatic rings. The number of amides is 1. The molecule has 0 bridgehead atoms. The highest BCUT2D eigenvalue weighted by atomic mass is 16.5. The molecule has 4 N–H and O–H groups in total. The van der Waals surface area contributed by atoms with Gasteiger partial charge in [0.05, 0.1) is 6.42 Å². The Morgan fingerprint density at radius 2 is 1.78 bits per heavy atom. The fourth-order valence-electron chi connectivity index (χ4n) is 2.42. The largest absolute Gasteiger partial charge is 0.437 e. The number of carbonyl (C=O) groups is 1. The number of hydrogen-bond acceptors (Lipinski definition) is 6. The Labute approximate surface area is 157 Å². The molecule has 7 nitrogen and oxygen atoms in total. The second kappa shape index (κ2) is 8.66. The molecule has 1 heterocycles. The van der Waals surface area contributed by atoms with Crippen molar-refractivity contribution >= 4 is 17.4 Å². The average molecular weight is 363 g/mol. The van der Waals surface area contributed by atoms with Crippen LogP contribution in [0.5, 0.6) is 11.6 Å². The van der Waals surface area contributed by atoms with E-state index in [1.54, 1.807) is 0 Å². The number of carbonyl (C=O) groups excluding carboxylic acids is 1. The third kappa shape index (κ3) is 4.94. The Kier molecular flexibility index (Phi) is 5.84. The number of benzene rings is 2. The van der Waals surface area contributed by atoms with Gasteiger partial charge in [0, 0.05) is 0 Å². The highest BCUT2D eigenvalue weighted by Gasteiger charge is 2.11. The molecule has 27 heavy (non-hydrogen) atoms. The van der Waals surface area contributed by atoms with Crippen LogP contribution in [0.25, 0.3) is 0 Å². The van der Waals surface area contributed by atoms with Gasteiger partial charge in [0.25, 0.3) is 0 Å². The lowest BCUT2D eigenvalue weighted by Gasteiger charge is -2.12. The van der Waals surface area contributed by atoms with Gasteiger partial charge in [0.1, 0.15) is 17.8 Å². The molecule has 0 unspecified atom stereocenters. The van der Waals surface area contributed by atoms with E-state index in [-0.39, 0.29) is 29.7 Å². The number of anilines is 2. The fourth-order valence-corrected chi connectivity index (χ4v) is 2.42. The van der Waals surface area contributed by atoms with E-state index < -0.39 is 0 Å². The number of nitrogens with zero attached hydrogens (tertiary/aromatic N) is 2. The summed E-state index contributed by atoms with van der Waals surface area (Å²) >= 11 is 0. The van der Waals surface area contributed by atoms with E-state index in [1.165, 1.54) is 11.9 Å². The zero-order valence-electron chi connectivity index (χ0n) is 15.0. The first-order valence-corrected chi connectivity index (χ1v) is 8.61. The molecule has 0 aliphatic rings. The molecule has 0 saturated carbocycles. The Morgan fingerprint density at radius 3 is 2.48 bits per heavy atom. The van der Waals surface area contributed by atoms with Gasteiger partial charge in [0.15, 0.2) is 5.82 Å². The van der Waals surface area contributed by atoms with Crippen molar-refractivity contribution in [2.75, 3.05) is 11.2 Å². The summed E-state index contributed by atoms with van der Waals surface area (Å²) in [6.07, 6.45) is 2.51. The molecule has 1 aromatic heterocycles. The van der Waals surface area contributed by atoms with E-state index in [4.69, 9.17) is 10.5 Å². The van der Waals surface area contributed by atoms with Gasteiger partial charge >= 0.3 is 0 Å². The van der Waals surface area contributed by atoms with Crippen LogP contribution in [0.15, 0.2) is 60.9 Å². The molecule has 0 aliphatic heterocycles. The highest BCUT2D eigenvalue weighted by molar-refractivity contribution is 5.80. The van der Waals surface area contributed by atoms with Gasteiger partial charge in [-0.05, 0) is 29.7 Å². The number of ether oxygens (including phenoxy) is 1. The van der Waals surface area contributed by atoms with Crippen LogP contribution in [-0.2, 0) is 17.6 Å². The smallest absolute Gasteiger partial charge is 0.248 e. The summed E-state index contributed by atoms with van der Waals surface area (Å²) in [6.45, 7) is 2.09. The number of hydrogen-bond donors (Lipinski definition) is 3. The van der Waals surface area contributed by atoms with Crippen molar-refractivity contribution < 1.29 is 9.53 Å².